The number of esters is 1. The van der Waals surface area contributed by atoms with Crippen LogP contribution in [0.25, 0.3) is 0 Å². The number of hydrogen-bond donors (Lipinski definition) is 12. The van der Waals surface area contributed by atoms with Crippen molar-refractivity contribution in [1.29, 1.82) is 0 Å². The third-order valence-corrected chi connectivity index (χ3v) is 14.4. The molecule has 0 aromatic rings. The first kappa shape index (κ1) is 49.6. The Labute approximate surface area is 369 Å². The first-order valence-electron chi connectivity index (χ1n) is 22.2. The van der Waals surface area contributed by atoms with E-state index in [-0.39, 0.29) is 49.3 Å². The largest absolute Gasteiger partial charge is 0.460 e. The number of rotatable bonds is 12. The maximum absolute atomic E-state index is 12.5. The fourth-order valence-corrected chi connectivity index (χ4v) is 10.4. The molecule has 4 saturated heterocycles. The van der Waals surface area contributed by atoms with Crippen LogP contribution in [0, 0.1) is 17.8 Å². The summed E-state index contributed by atoms with van der Waals surface area (Å²) in [5.41, 5.74) is 0. The molecule has 0 spiro atoms. The Bertz CT molecular complexity index is 1490. The standard InChI is InChI=1S/C41H65ClO21/c42-18-5-1-16(2-6-18)3-8-29(48)56-14-27-31(50)33(52)36(55)39(61-27)58-15-28-32(51)34(53)38(63-40-35(54)30(49)24(47)13-57-40)41(62-28)60-26-12-20-22(45)10-19(43)11-25(20)59-37(26)17-4-7-21(44)23(46)9-17/h3,8,16-28,30-41,43-47,49-55H,1-2,4-7,9-15H2/p+1/t16?,17?,18?,19?,20?,21?,22?,23?,24-,25?,26?,27-,28-,30+,31-,32+,33+,34+,35-,36-,37?,38-,39-,40+,41-/m1/s1. The molecule has 21 nitrogen and oxygen atoms in total. The van der Waals surface area contributed by atoms with E-state index in [0.717, 1.165) is 25.7 Å². The average molecular weight is 930 g/mol. The molecule has 0 aromatic carbocycles. The molecule has 4 aliphatic heterocycles. The highest BCUT2D eigenvalue weighted by atomic mass is 35.5. The van der Waals surface area contributed by atoms with Crippen molar-refractivity contribution in [2.45, 2.75) is 198 Å². The molecule has 0 amide bonds. The van der Waals surface area contributed by atoms with Gasteiger partial charge in [0.1, 0.15) is 79.9 Å². The molecule has 3 aliphatic carbocycles. The summed E-state index contributed by atoms with van der Waals surface area (Å²) in [6.07, 6.45) is -21.7. The summed E-state index contributed by atoms with van der Waals surface area (Å²) in [7, 11) is 0. The second-order valence-corrected chi connectivity index (χ2v) is 19.0. The third kappa shape index (κ3) is 11.7. The first-order valence-corrected chi connectivity index (χ1v) is 22.6. The number of aliphatic hydroxyl groups is 14. The van der Waals surface area contributed by atoms with Crippen LogP contribution in [0.1, 0.15) is 64.2 Å². The molecule has 0 bridgehead atoms. The number of fused-ring (bicyclic) bond motifs is 1. The van der Waals surface area contributed by atoms with Gasteiger partial charge in [0.25, 0.3) is 0 Å². The summed E-state index contributed by atoms with van der Waals surface area (Å²) in [5, 5.41) is 129. The summed E-state index contributed by atoms with van der Waals surface area (Å²) in [4.78, 5) is 12.5. The van der Waals surface area contributed by atoms with Gasteiger partial charge >= 0.3 is 5.97 Å². The van der Waals surface area contributed by atoms with Crippen molar-refractivity contribution in [3.05, 3.63) is 12.2 Å². The topological polar surface area (TPSA) is 337 Å². The van der Waals surface area contributed by atoms with Gasteiger partial charge < -0.3 is 99.2 Å². The molecular formula is C41H66ClO21+. The van der Waals surface area contributed by atoms with Gasteiger partial charge in [-0.15, -0.1) is 11.6 Å². The Morgan fingerprint density at radius 1 is 0.635 bits per heavy atom. The monoisotopic (exact) mass is 929 g/mol. The number of carbonyl (C=O) groups excluding carboxylic acids is 1. The lowest BCUT2D eigenvalue weighted by molar-refractivity contribution is -0.385. The van der Waals surface area contributed by atoms with Crippen LogP contribution in [0.4, 0.5) is 0 Å². The van der Waals surface area contributed by atoms with E-state index < -0.39 is 160 Å². The van der Waals surface area contributed by atoms with E-state index in [1.807, 2.05) is 0 Å². The number of alkyl halides is 1. The number of hydrogen-bond acceptors (Lipinski definition) is 20. The van der Waals surface area contributed by atoms with Crippen LogP contribution in [0.3, 0.4) is 0 Å². The highest BCUT2D eigenvalue weighted by Gasteiger charge is 2.56. The molecule has 23 atom stereocenters. The molecule has 0 radical (unpaired) electrons. The minimum atomic E-state index is -1.89. The second kappa shape index (κ2) is 21.8. The zero-order valence-corrected chi connectivity index (χ0v) is 35.5. The van der Waals surface area contributed by atoms with Gasteiger partial charge in [0.2, 0.25) is 0 Å². The van der Waals surface area contributed by atoms with Gasteiger partial charge in [-0.25, -0.2) is 4.79 Å². The predicted molar refractivity (Wildman–Crippen MR) is 211 cm³/mol. The first-order chi connectivity index (χ1) is 30.0. The molecule has 362 valence electrons. The van der Waals surface area contributed by atoms with Gasteiger partial charge in [-0.1, -0.05) is 6.08 Å². The number of allylic oxidation sites excluding steroid dienone is 1. The zero-order valence-electron chi connectivity index (χ0n) is 34.7. The lowest BCUT2D eigenvalue weighted by atomic mass is 9.72. The molecule has 7 aliphatic rings. The molecule has 63 heavy (non-hydrogen) atoms. The Balaban J connectivity index is 1.06. The summed E-state index contributed by atoms with van der Waals surface area (Å²) < 4.78 is 46.0. The number of carbonyl (C=O) groups is 1. The van der Waals surface area contributed by atoms with E-state index >= 15 is 0 Å². The number of halogens is 1. The molecule has 3 saturated carbocycles. The quantitative estimate of drug-likeness (QED) is 0.0381. The maximum atomic E-state index is 12.5. The van der Waals surface area contributed by atoms with Crippen LogP contribution < -0.4 is 0 Å². The van der Waals surface area contributed by atoms with Crippen molar-refractivity contribution in [3.8, 4) is 0 Å². The zero-order chi connectivity index (χ0) is 45.3. The van der Waals surface area contributed by atoms with E-state index in [1.165, 1.54) is 6.08 Å². The fraction of sp³-hybridized carbons (Fsp3) is 0.927. The molecule has 7 fully saturated rings. The van der Waals surface area contributed by atoms with Crippen LogP contribution in [-0.2, 0) is 38.0 Å². The summed E-state index contributed by atoms with van der Waals surface area (Å²) >= 11 is 6.17. The van der Waals surface area contributed by atoms with Crippen LogP contribution in [0.2, 0.25) is 0 Å². The van der Waals surface area contributed by atoms with E-state index in [4.69, 9.17) is 49.5 Å². The van der Waals surface area contributed by atoms with E-state index in [9.17, 15) is 66.1 Å². The van der Waals surface area contributed by atoms with Gasteiger partial charge in [0.05, 0.1) is 43.5 Å². The van der Waals surface area contributed by atoms with E-state index in [2.05, 4.69) is 0 Å². The van der Waals surface area contributed by atoms with Crippen LogP contribution >= 0.6 is 11.6 Å². The molecule has 9 unspecified atom stereocenters. The minimum absolute atomic E-state index is 0.0980. The Morgan fingerprint density at radius 2 is 1.32 bits per heavy atom. The van der Waals surface area contributed by atoms with Crippen molar-refractivity contribution in [1.82, 2.24) is 0 Å². The van der Waals surface area contributed by atoms with Crippen molar-refractivity contribution in [2.75, 3.05) is 19.8 Å². The van der Waals surface area contributed by atoms with Crippen molar-refractivity contribution >= 4 is 17.6 Å². The number of ether oxygens (including phenoxy) is 8. The SMILES string of the molecule is O=C(C=CC1CCC(Cl)CC1)OC[C@H]1O[C@@H](OC[C@H]2O[C@@H](OC3CC4C(O)CC(O)CC4[OH+]C3C3CCC(O)C(O)C3)[C@H](O[C@@H]3OC[C@@H](O)[C@H](O)[C@H]3O)[C@@H](O)[C@H]2O)[C@H](O)[C@@H](O)[C@@H]1O. The van der Waals surface area contributed by atoms with E-state index in [1.54, 1.807) is 6.08 Å². The van der Waals surface area contributed by atoms with Crippen LogP contribution in [0.15, 0.2) is 12.2 Å². The van der Waals surface area contributed by atoms with E-state index in [0.29, 0.717) is 6.42 Å². The maximum Gasteiger partial charge on any atom is 0.330 e. The molecule has 13 N–H and O–H groups in total. The Morgan fingerprint density at radius 3 is 2.05 bits per heavy atom. The van der Waals surface area contributed by atoms with Crippen molar-refractivity contribution in [2.24, 2.45) is 17.8 Å². The third-order valence-electron chi connectivity index (χ3n) is 14.0. The molecule has 7 rings (SSSR count). The molecule has 0 aromatic heterocycles. The number of aliphatic hydroxyl groups excluding tert-OH is 12. The predicted octanol–water partition coefficient (Wildman–Crippen LogP) is -4.31. The van der Waals surface area contributed by atoms with Crippen LogP contribution in [-0.4, -0.2) is 226 Å². The van der Waals surface area contributed by atoms with Crippen molar-refractivity contribution in [3.63, 3.8) is 0 Å². The normalized spacial score (nSPS) is 51.1. The average Bonchev–Trinajstić information content (AvgIpc) is 3.25. The smallest absolute Gasteiger partial charge is 0.330 e. The minimum Gasteiger partial charge on any atom is -0.460 e. The van der Waals surface area contributed by atoms with Gasteiger partial charge in [0.15, 0.2) is 31.1 Å². The Hall–Kier alpha value is -1.26. The molecular weight excluding hydrogens is 864 g/mol. The van der Waals surface area contributed by atoms with Gasteiger partial charge in [-0.2, -0.15) is 0 Å². The van der Waals surface area contributed by atoms with Gasteiger partial charge in [-0.3, -0.25) is 0 Å². The van der Waals surface area contributed by atoms with Crippen LogP contribution in [0.5, 0.6) is 0 Å². The fourth-order valence-electron chi connectivity index (χ4n) is 10.1. The molecule has 4 heterocycles. The lowest BCUT2D eigenvalue weighted by Crippen LogP contribution is -2.65. The highest BCUT2D eigenvalue weighted by Crippen LogP contribution is 2.43. The second-order valence-electron chi connectivity index (χ2n) is 18.4. The Kier molecular flexibility index (Phi) is 17.2. The summed E-state index contributed by atoms with van der Waals surface area (Å²) in [5.74, 6) is -1.38. The van der Waals surface area contributed by atoms with Crippen molar-refractivity contribution < 1.29 is 104 Å². The lowest BCUT2D eigenvalue weighted by Gasteiger charge is -2.49. The van der Waals surface area contributed by atoms with Gasteiger partial charge in [-0.05, 0) is 57.3 Å². The van der Waals surface area contributed by atoms with Gasteiger partial charge in [0, 0.05) is 30.2 Å². The molecule has 22 heteroatoms. The highest BCUT2D eigenvalue weighted by molar-refractivity contribution is 6.20. The summed E-state index contributed by atoms with van der Waals surface area (Å²) in [6.45, 7) is -1.63. The summed E-state index contributed by atoms with van der Waals surface area (Å²) in [6, 6.07) is 0.